The minimum atomic E-state index is -4.97. The van der Waals surface area contributed by atoms with Gasteiger partial charge in [-0.3, -0.25) is 13.9 Å². The quantitative estimate of drug-likeness (QED) is 0.531. The van der Waals surface area contributed by atoms with Crippen LogP contribution in [0.4, 0.5) is 0 Å². The molecule has 0 aromatic carbocycles. The summed E-state index contributed by atoms with van der Waals surface area (Å²) in [7, 11) is -9.18. The van der Waals surface area contributed by atoms with Crippen molar-refractivity contribution >= 4 is 21.2 Å². The molecule has 0 radical (unpaired) electrons. The standard InChI is InChI=1S/C7H16O8P2/c1-4-13-17(12,14-5-2)7(15-6(3)8)16(9,10)11/h7H,4-5H2,1-3H3,(H2,9,10,11). The maximum Gasteiger partial charge on any atom is 0.383 e. The van der Waals surface area contributed by atoms with Crippen LogP contribution in [0.1, 0.15) is 20.8 Å². The Kier molecular flexibility index (Phi) is 6.55. The van der Waals surface area contributed by atoms with Crippen molar-refractivity contribution in [2.45, 2.75) is 26.4 Å². The molecule has 0 aromatic rings. The summed E-state index contributed by atoms with van der Waals surface area (Å²) in [6.07, 6.45) is 0. The zero-order valence-electron chi connectivity index (χ0n) is 9.73. The van der Waals surface area contributed by atoms with E-state index in [4.69, 9.17) is 18.8 Å². The predicted octanol–water partition coefficient (Wildman–Crippen LogP) is 1.28. The first-order valence-electron chi connectivity index (χ1n) is 4.78. The SMILES string of the molecule is CCOP(=O)(OCC)C(OC(C)=O)P(=O)(O)O. The molecule has 0 spiro atoms. The van der Waals surface area contributed by atoms with Crippen molar-refractivity contribution in [3.05, 3.63) is 0 Å². The minimum Gasteiger partial charge on any atom is -0.436 e. The second-order valence-electron chi connectivity index (χ2n) is 2.90. The van der Waals surface area contributed by atoms with Gasteiger partial charge in [-0.2, -0.15) is 0 Å². The fourth-order valence-electron chi connectivity index (χ4n) is 0.991. The number of hydrogen-bond acceptors (Lipinski definition) is 6. The molecule has 0 saturated carbocycles. The molecule has 10 heteroatoms. The zero-order valence-corrected chi connectivity index (χ0v) is 11.5. The lowest BCUT2D eigenvalue weighted by Gasteiger charge is -2.25. The Morgan fingerprint density at radius 3 is 1.82 bits per heavy atom. The predicted molar refractivity (Wildman–Crippen MR) is 58.5 cm³/mol. The van der Waals surface area contributed by atoms with E-state index in [-0.39, 0.29) is 13.2 Å². The van der Waals surface area contributed by atoms with Gasteiger partial charge >= 0.3 is 26.7 Å². The van der Waals surface area contributed by atoms with Crippen LogP contribution in [-0.2, 0) is 27.7 Å². The molecular weight excluding hydrogens is 274 g/mol. The molecule has 17 heavy (non-hydrogen) atoms. The first kappa shape index (κ1) is 16.8. The number of ether oxygens (including phenoxy) is 1. The number of rotatable bonds is 7. The highest BCUT2D eigenvalue weighted by atomic mass is 31.2. The number of carbonyl (C=O) groups is 1. The van der Waals surface area contributed by atoms with E-state index in [9.17, 15) is 13.9 Å². The molecule has 0 bridgehead atoms. The van der Waals surface area contributed by atoms with Crippen LogP contribution >= 0.6 is 15.2 Å². The molecule has 0 aromatic heterocycles. The Labute approximate surface area is 98.9 Å². The number of carbonyl (C=O) groups excluding carboxylic acids is 1. The number of esters is 1. The van der Waals surface area contributed by atoms with Crippen LogP contribution in [0.15, 0.2) is 0 Å². The van der Waals surface area contributed by atoms with Crippen LogP contribution in [0.2, 0.25) is 0 Å². The van der Waals surface area contributed by atoms with Crippen molar-refractivity contribution in [2.75, 3.05) is 13.2 Å². The molecule has 0 amide bonds. The summed E-state index contributed by atoms with van der Waals surface area (Å²) in [6, 6.07) is 0. The van der Waals surface area contributed by atoms with Gasteiger partial charge in [-0.15, -0.1) is 0 Å². The summed E-state index contributed by atoms with van der Waals surface area (Å²) < 4.78 is 37.0. The third-order valence-electron chi connectivity index (χ3n) is 1.45. The highest BCUT2D eigenvalue weighted by Crippen LogP contribution is 2.66. The maximum absolute atomic E-state index is 12.1. The monoisotopic (exact) mass is 290 g/mol. The Hall–Kier alpha value is -0.230. The highest BCUT2D eigenvalue weighted by molar-refractivity contribution is 7.71. The second-order valence-corrected chi connectivity index (χ2v) is 7.02. The van der Waals surface area contributed by atoms with Gasteiger partial charge in [0.2, 0.25) is 0 Å². The summed E-state index contributed by atoms with van der Waals surface area (Å²) in [5, 5.41) is 0. The lowest BCUT2D eigenvalue weighted by molar-refractivity contribution is -0.141. The Bertz CT molecular complexity index is 338. The van der Waals surface area contributed by atoms with Gasteiger partial charge in [0.05, 0.1) is 13.2 Å². The Morgan fingerprint density at radius 2 is 1.59 bits per heavy atom. The van der Waals surface area contributed by atoms with Crippen molar-refractivity contribution < 1.29 is 37.5 Å². The van der Waals surface area contributed by atoms with Gasteiger partial charge in [0, 0.05) is 6.92 Å². The Balaban J connectivity index is 5.29. The third kappa shape index (κ3) is 5.29. The van der Waals surface area contributed by atoms with Crippen LogP contribution < -0.4 is 0 Å². The molecule has 2 N–H and O–H groups in total. The molecule has 0 aliphatic rings. The molecule has 0 saturated heterocycles. The average molecular weight is 290 g/mol. The van der Waals surface area contributed by atoms with E-state index in [1.165, 1.54) is 13.8 Å². The molecule has 0 rings (SSSR count). The van der Waals surface area contributed by atoms with Crippen LogP contribution in [0.25, 0.3) is 0 Å². The van der Waals surface area contributed by atoms with Gasteiger partial charge < -0.3 is 23.6 Å². The van der Waals surface area contributed by atoms with E-state index >= 15 is 0 Å². The van der Waals surface area contributed by atoms with E-state index in [2.05, 4.69) is 4.74 Å². The summed E-state index contributed by atoms with van der Waals surface area (Å²) in [5.74, 6) is -0.988. The van der Waals surface area contributed by atoms with Crippen molar-refractivity contribution in [2.24, 2.45) is 0 Å². The van der Waals surface area contributed by atoms with Gasteiger partial charge in [0.1, 0.15) is 0 Å². The van der Waals surface area contributed by atoms with Crippen molar-refractivity contribution in [3.63, 3.8) is 0 Å². The first-order chi connectivity index (χ1) is 7.67. The summed E-state index contributed by atoms with van der Waals surface area (Å²) >= 11 is 0. The molecule has 1 atom stereocenters. The maximum atomic E-state index is 12.1. The van der Waals surface area contributed by atoms with Gasteiger partial charge in [-0.05, 0) is 13.8 Å². The lowest BCUT2D eigenvalue weighted by atomic mass is 10.8. The van der Waals surface area contributed by atoms with E-state index < -0.39 is 26.7 Å². The van der Waals surface area contributed by atoms with Crippen molar-refractivity contribution in [3.8, 4) is 0 Å². The minimum absolute atomic E-state index is 0.102. The molecule has 0 fully saturated rings. The van der Waals surface area contributed by atoms with Crippen molar-refractivity contribution in [1.82, 2.24) is 0 Å². The van der Waals surface area contributed by atoms with Crippen LogP contribution in [0.3, 0.4) is 0 Å². The lowest BCUT2D eigenvalue weighted by Crippen LogP contribution is -2.20. The van der Waals surface area contributed by atoms with Crippen LogP contribution in [0.5, 0.6) is 0 Å². The molecule has 102 valence electrons. The van der Waals surface area contributed by atoms with E-state index in [0.29, 0.717) is 0 Å². The molecule has 0 heterocycles. The molecular formula is C7H16O8P2. The smallest absolute Gasteiger partial charge is 0.383 e. The number of hydrogen-bond donors (Lipinski definition) is 2. The molecule has 0 aliphatic heterocycles. The van der Waals surface area contributed by atoms with Crippen LogP contribution in [0, 0.1) is 0 Å². The normalized spacial score (nSPS) is 14.4. The van der Waals surface area contributed by atoms with Crippen molar-refractivity contribution in [1.29, 1.82) is 0 Å². The largest absolute Gasteiger partial charge is 0.436 e. The first-order valence-corrected chi connectivity index (χ1v) is 8.08. The summed E-state index contributed by atoms with van der Waals surface area (Å²) in [4.78, 5) is 28.8. The van der Waals surface area contributed by atoms with E-state index in [0.717, 1.165) is 6.92 Å². The molecule has 1 unspecified atom stereocenters. The third-order valence-corrected chi connectivity index (χ3v) is 5.76. The topological polar surface area (TPSA) is 119 Å². The summed E-state index contributed by atoms with van der Waals surface area (Å²) in [6.45, 7) is 3.67. The van der Waals surface area contributed by atoms with E-state index in [1.54, 1.807) is 0 Å². The summed E-state index contributed by atoms with van der Waals surface area (Å²) in [5.41, 5.74) is -2.23. The second kappa shape index (κ2) is 6.64. The van der Waals surface area contributed by atoms with Gasteiger partial charge in [-0.1, -0.05) is 0 Å². The van der Waals surface area contributed by atoms with Gasteiger partial charge in [0.25, 0.3) is 0 Å². The fourth-order valence-corrected chi connectivity index (χ4v) is 4.48. The van der Waals surface area contributed by atoms with E-state index in [1.807, 2.05) is 0 Å². The average Bonchev–Trinajstić information content (AvgIpc) is 2.13. The van der Waals surface area contributed by atoms with Gasteiger partial charge in [-0.25, -0.2) is 0 Å². The zero-order chi connectivity index (χ0) is 13.7. The molecule has 0 aliphatic carbocycles. The highest BCUT2D eigenvalue weighted by Gasteiger charge is 2.50. The fraction of sp³-hybridized carbons (Fsp3) is 0.857. The van der Waals surface area contributed by atoms with Gasteiger partial charge in [0.15, 0.2) is 0 Å². The Morgan fingerprint density at radius 1 is 1.18 bits per heavy atom. The molecule has 8 nitrogen and oxygen atoms in total. The van der Waals surface area contributed by atoms with Crippen LogP contribution in [-0.4, -0.2) is 34.6 Å².